The van der Waals surface area contributed by atoms with Gasteiger partial charge in [0.15, 0.2) is 0 Å². The van der Waals surface area contributed by atoms with Crippen molar-refractivity contribution in [3.8, 4) is 0 Å². The van der Waals surface area contributed by atoms with Crippen molar-refractivity contribution in [2.45, 2.75) is 10.9 Å². The predicted octanol–water partition coefficient (Wildman–Crippen LogP) is 1.55. The Balaban J connectivity index is 1.77. The van der Waals surface area contributed by atoms with Gasteiger partial charge in [-0.2, -0.15) is 4.31 Å². The van der Waals surface area contributed by atoms with Gasteiger partial charge in [-0.25, -0.2) is 17.8 Å². The van der Waals surface area contributed by atoms with E-state index in [1.165, 1.54) is 16.4 Å². The lowest BCUT2D eigenvalue weighted by Gasteiger charge is -2.18. The molecule has 4 nitrogen and oxygen atoms in total. The second kappa shape index (κ2) is 4.45. The number of hydrogen-bond donors (Lipinski definition) is 0. The first-order chi connectivity index (χ1) is 9.04. The van der Waals surface area contributed by atoms with E-state index in [2.05, 4.69) is 22.4 Å². The van der Waals surface area contributed by atoms with Crippen LogP contribution in [-0.4, -0.2) is 37.0 Å². The molecule has 0 spiro atoms. The van der Waals surface area contributed by atoms with Crippen LogP contribution >= 0.6 is 12.2 Å². The first kappa shape index (κ1) is 12.9. The summed E-state index contributed by atoms with van der Waals surface area (Å²) in [5.41, 5.74) is 0. The van der Waals surface area contributed by atoms with Crippen LogP contribution in [0.5, 0.6) is 0 Å². The fourth-order valence-electron chi connectivity index (χ4n) is 2.66. The van der Waals surface area contributed by atoms with Crippen LogP contribution in [0.25, 0.3) is 0 Å². The summed E-state index contributed by atoms with van der Waals surface area (Å²) < 4.78 is 38.9. The van der Waals surface area contributed by atoms with E-state index in [4.69, 9.17) is 0 Å². The molecular formula is C12H11FN2O2S2. The average molecular weight is 298 g/mol. The van der Waals surface area contributed by atoms with Crippen LogP contribution in [0.1, 0.15) is 0 Å². The van der Waals surface area contributed by atoms with Gasteiger partial charge in [0.2, 0.25) is 10.0 Å². The molecule has 2 fully saturated rings. The smallest absolute Gasteiger partial charge is 0.228 e. The number of thiocarbonyl (C=S) groups is 1. The molecule has 19 heavy (non-hydrogen) atoms. The monoisotopic (exact) mass is 298 g/mol. The highest BCUT2D eigenvalue weighted by molar-refractivity contribution is 7.89. The quantitative estimate of drug-likeness (QED) is 0.628. The minimum Gasteiger partial charge on any atom is -0.228 e. The molecule has 0 N–H and O–H groups in total. The summed E-state index contributed by atoms with van der Waals surface area (Å²) in [6, 6.07) is 5.03. The van der Waals surface area contributed by atoms with Crippen molar-refractivity contribution in [1.82, 2.24) is 4.31 Å². The number of halogens is 1. The topological polar surface area (TPSA) is 49.7 Å². The molecule has 2 unspecified atom stereocenters. The highest BCUT2D eigenvalue weighted by atomic mass is 32.2. The van der Waals surface area contributed by atoms with E-state index in [-0.39, 0.29) is 22.8 Å². The minimum atomic E-state index is -3.52. The third-order valence-corrected chi connectivity index (χ3v) is 5.72. The van der Waals surface area contributed by atoms with Crippen LogP contribution < -0.4 is 0 Å². The molecule has 1 aromatic rings. The summed E-state index contributed by atoms with van der Waals surface area (Å²) in [4.78, 5) is 4.14. The molecule has 1 heterocycles. The summed E-state index contributed by atoms with van der Waals surface area (Å²) >= 11 is 4.55. The van der Waals surface area contributed by atoms with Gasteiger partial charge in [0.25, 0.3) is 0 Å². The third-order valence-electron chi connectivity index (χ3n) is 3.77. The third kappa shape index (κ3) is 2.12. The van der Waals surface area contributed by atoms with Gasteiger partial charge in [-0.15, -0.1) is 0 Å². The van der Waals surface area contributed by atoms with Crippen LogP contribution in [0.2, 0.25) is 0 Å². The second-order valence-corrected chi connectivity index (χ2v) is 6.94. The van der Waals surface area contributed by atoms with Crippen LogP contribution in [-0.2, 0) is 10.0 Å². The number of isothiocyanates is 1. The minimum absolute atomic E-state index is 0.130. The lowest BCUT2D eigenvalue weighted by Crippen LogP contribution is -2.32. The molecule has 1 aliphatic carbocycles. The Bertz CT molecular complexity index is 641. The maximum absolute atomic E-state index is 12.8. The fourth-order valence-corrected chi connectivity index (χ4v) is 4.30. The van der Waals surface area contributed by atoms with Gasteiger partial charge >= 0.3 is 0 Å². The van der Waals surface area contributed by atoms with E-state index < -0.39 is 15.8 Å². The first-order valence-electron chi connectivity index (χ1n) is 5.87. The van der Waals surface area contributed by atoms with E-state index in [9.17, 15) is 12.8 Å². The summed E-state index contributed by atoms with van der Waals surface area (Å²) in [5.74, 6) is 0.0648. The zero-order valence-electron chi connectivity index (χ0n) is 9.86. The van der Waals surface area contributed by atoms with E-state index in [0.717, 1.165) is 12.1 Å². The van der Waals surface area contributed by atoms with Gasteiger partial charge in [0.05, 0.1) is 16.1 Å². The van der Waals surface area contributed by atoms with Gasteiger partial charge < -0.3 is 0 Å². The summed E-state index contributed by atoms with van der Waals surface area (Å²) in [6.45, 7) is 0.908. The van der Waals surface area contributed by atoms with Crippen molar-refractivity contribution < 1.29 is 12.8 Å². The van der Waals surface area contributed by atoms with Crippen LogP contribution in [0.3, 0.4) is 0 Å². The Morgan fingerprint density at radius 1 is 1.26 bits per heavy atom. The molecule has 0 bridgehead atoms. The standard InChI is InChI=1S/C12H11FN2O2S2/c13-8-1-3-9(4-2-8)19(16,17)15-5-10-11(6-15)12(10)14-7-18/h1-4,10-12H,5-6H2. The van der Waals surface area contributed by atoms with Crippen molar-refractivity contribution in [2.75, 3.05) is 13.1 Å². The lowest BCUT2D eigenvalue weighted by atomic mass is 10.4. The molecule has 1 aromatic carbocycles. The van der Waals surface area contributed by atoms with Crippen molar-refractivity contribution >= 4 is 27.4 Å². The second-order valence-electron chi connectivity index (χ2n) is 4.81. The van der Waals surface area contributed by atoms with Crippen LogP contribution in [0, 0.1) is 17.7 Å². The fraction of sp³-hybridized carbons (Fsp3) is 0.417. The lowest BCUT2D eigenvalue weighted by molar-refractivity contribution is 0.433. The van der Waals surface area contributed by atoms with E-state index in [0.29, 0.717) is 13.1 Å². The molecule has 1 saturated heterocycles. The van der Waals surface area contributed by atoms with Gasteiger partial charge in [0, 0.05) is 24.9 Å². The molecule has 1 aliphatic heterocycles. The zero-order chi connectivity index (χ0) is 13.6. The average Bonchev–Trinajstić information content (AvgIpc) is 2.85. The first-order valence-corrected chi connectivity index (χ1v) is 7.71. The molecule has 1 saturated carbocycles. The Hall–Kier alpha value is -1.14. The van der Waals surface area contributed by atoms with Gasteiger partial charge in [-0.1, -0.05) is 0 Å². The van der Waals surface area contributed by atoms with E-state index in [1.807, 2.05) is 0 Å². The van der Waals surface area contributed by atoms with Gasteiger partial charge in [-0.05, 0) is 36.5 Å². The molecule has 100 valence electrons. The molecule has 2 aliphatic rings. The highest BCUT2D eigenvalue weighted by Crippen LogP contribution is 2.49. The summed E-state index contributed by atoms with van der Waals surface area (Å²) in [6.07, 6.45) is 0. The Morgan fingerprint density at radius 3 is 2.37 bits per heavy atom. The number of hydrogen-bond acceptors (Lipinski definition) is 4. The molecule has 0 aromatic heterocycles. The molecule has 0 amide bonds. The number of fused-ring (bicyclic) bond motifs is 1. The number of benzene rings is 1. The number of sulfonamides is 1. The maximum Gasteiger partial charge on any atom is 0.243 e. The van der Waals surface area contributed by atoms with Crippen molar-refractivity contribution in [3.05, 3.63) is 30.1 Å². The summed E-state index contributed by atoms with van der Waals surface area (Å²) in [7, 11) is -3.52. The number of nitrogens with zero attached hydrogens (tertiary/aromatic N) is 2. The van der Waals surface area contributed by atoms with Crippen LogP contribution in [0.15, 0.2) is 34.2 Å². The highest BCUT2D eigenvalue weighted by Gasteiger charge is 2.58. The molecule has 2 atom stereocenters. The summed E-state index contributed by atoms with van der Waals surface area (Å²) in [5, 5.41) is 2.35. The molecule has 0 radical (unpaired) electrons. The number of rotatable bonds is 3. The largest absolute Gasteiger partial charge is 0.243 e. The van der Waals surface area contributed by atoms with E-state index in [1.54, 1.807) is 0 Å². The Kier molecular flexibility index (Phi) is 3.02. The molecule has 7 heteroatoms. The van der Waals surface area contributed by atoms with Crippen molar-refractivity contribution in [2.24, 2.45) is 16.8 Å². The van der Waals surface area contributed by atoms with Crippen molar-refractivity contribution in [1.29, 1.82) is 0 Å². The van der Waals surface area contributed by atoms with Gasteiger partial charge in [0.1, 0.15) is 5.82 Å². The maximum atomic E-state index is 12.8. The van der Waals surface area contributed by atoms with E-state index >= 15 is 0 Å². The number of aliphatic imine (C=N–C) groups is 1. The molecular weight excluding hydrogens is 287 g/mol. The molecule has 3 rings (SSSR count). The Labute approximate surface area is 116 Å². The SMILES string of the molecule is O=S(=O)(c1ccc(F)cc1)N1CC2C(C1)C2N=C=S. The van der Waals surface area contributed by atoms with Gasteiger partial charge in [-0.3, -0.25) is 0 Å². The zero-order valence-corrected chi connectivity index (χ0v) is 11.5. The van der Waals surface area contributed by atoms with Crippen molar-refractivity contribution in [3.63, 3.8) is 0 Å². The normalized spacial score (nSPS) is 29.6. The predicted molar refractivity (Wildman–Crippen MR) is 71.0 cm³/mol. The Morgan fingerprint density at radius 2 is 1.84 bits per heavy atom. The number of piperidine rings is 1. The van der Waals surface area contributed by atoms with Crippen LogP contribution in [0.4, 0.5) is 4.39 Å².